The number of nitrogens with one attached hydrogen (secondary N) is 2. The highest BCUT2D eigenvalue weighted by Gasteiger charge is 2.24. The van der Waals surface area contributed by atoms with Gasteiger partial charge in [-0.1, -0.05) is 53.4 Å². The lowest BCUT2D eigenvalue weighted by Gasteiger charge is -2.21. The zero-order chi connectivity index (χ0) is 16.1. The van der Waals surface area contributed by atoms with Gasteiger partial charge in [0.1, 0.15) is 6.04 Å². The molecule has 0 aromatic carbocycles. The summed E-state index contributed by atoms with van der Waals surface area (Å²) in [6.45, 7) is 9.06. The maximum absolute atomic E-state index is 12.1. The van der Waals surface area contributed by atoms with E-state index in [-0.39, 0.29) is 11.8 Å². The van der Waals surface area contributed by atoms with Gasteiger partial charge in [0.25, 0.3) is 0 Å². The third kappa shape index (κ3) is 10.2. The van der Waals surface area contributed by atoms with Gasteiger partial charge in [0.05, 0.1) is 6.61 Å². The van der Waals surface area contributed by atoms with Crippen molar-refractivity contribution in [2.45, 2.75) is 72.3 Å². The number of hydrogen-bond acceptors (Lipinski definition) is 3. The molecule has 0 heterocycles. The molecular weight excluding hydrogens is 268 g/mol. The topological polar surface area (TPSA) is 67.4 Å². The van der Waals surface area contributed by atoms with Gasteiger partial charge in [-0.2, -0.15) is 0 Å². The van der Waals surface area contributed by atoms with Crippen LogP contribution in [0.5, 0.6) is 0 Å². The van der Waals surface area contributed by atoms with E-state index in [4.69, 9.17) is 4.74 Å². The Bertz CT molecular complexity index is 293. The smallest absolute Gasteiger partial charge is 0.407 e. The lowest BCUT2D eigenvalue weighted by atomic mass is 10.0. The fourth-order valence-corrected chi connectivity index (χ4v) is 1.89. The molecule has 0 rings (SSSR count). The van der Waals surface area contributed by atoms with Crippen molar-refractivity contribution in [1.29, 1.82) is 0 Å². The molecule has 5 heteroatoms. The molecule has 0 aromatic heterocycles. The van der Waals surface area contributed by atoms with Crippen molar-refractivity contribution < 1.29 is 14.3 Å². The standard InChI is InChI=1S/C16H32N2O3/c1-5-7-9-10-11-17-15(19)14(13(3)4)18-16(20)21-12-8-6-2/h13-14H,5-12H2,1-4H3,(H,17,19)(H,18,20)/t14-/m0/s1. The van der Waals surface area contributed by atoms with Gasteiger partial charge in [-0.3, -0.25) is 4.79 Å². The number of carbonyl (C=O) groups excluding carboxylic acids is 2. The van der Waals surface area contributed by atoms with Crippen LogP contribution in [0.2, 0.25) is 0 Å². The van der Waals surface area contributed by atoms with Crippen molar-refractivity contribution in [3.63, 3.8) is 0 Å². The first kappa shape index (κ1) is 19.7. The van der Waals surface area contributed by atoms with E-state index in [1.54, 1.807) is 0 Å². The Morgan fingerprint density at radius 2 is 1.67 bits per heavy atom. The first-order valence-electron chi connectivity index (χ1n) is 8.23. The second kappa shape index (κ2) is 12.5. The molecule has 0 fully saturated rings. The Hall–Kier alpha value is -1.26. The van der Waals surface area contributed by atoms with Crippen LogP contribution in [0.4, 0.5) is 4.79 Å². The number of carbonyl (C=O) groups is 2. The van der Waals surface area contributed by atoms with Gasteiger partial charge in [0, 0.05) is 6.54 Å². The first-order chi connectivity index (χ1) is 10.0. The quantitative estimate of drug-likeness (QED) is 0.576. The van der Waals surface area contributed by atoms with E-state index < -0.39 is 12.1 Å². The van der Waals surface area contributed by atoms with Crippen molar-refractivity contribution in [2.24, 2.45) is 5.92 Å². The first-order valence-corrected chi connectivity index (χ1v) is 8.23. The minimum atomic E-state index is -0.537. The van der Waals surface area contributed by atoms with Crippen molar-refractivity contribution in [1.82, 2.24) is 10.6 Å². The molecule has 5 nitrogen and oxygen atoms in total. The second-order valence-corrected chi connectivity index (χ2v) is 5.71. The van der Waals surface area contributed by atoms with E-state index in [1.165, 1.54) is 12.8 Å². The lowest BCUT2D eigenvalue weighted by Crippen LogP contribution is -2.50. The summed E-state index contributed by atoms with van der Waals surface area (Å²) in [5.41, 5.74) is 0. The van der Waals surface area contributed by atoms with E-state index >= 15 is 0 Å². The van der Waals surface area contributed by atoms with E-state index in [1.807, 2.05) is 20.8 Å². The Labute approximate surface area is 129 Å². The average Bonchev–Trinajstić information content (AvgIpc) is 2.44. The SMILES string of the molecule is CCCCCCNC(=O)[C@@H](NC(=O)OCCCC)C(C)C. The monoisotopic (exact) mass is 300 g/mol. The van der Waals surface area contributed by atoms with Gasteiger partial charge in [-0.15, -0.1) is 0 Å². The maximum atomic E-state index is 12.1. The molecule has 2 amide bonds. The minimum absolute atomic E-state index is 0.0272. The van der Waals surface area contributed by atoms with Crippen molar-refractivity contribution in [3.8, 4) is 0 Å². The minimum Gasteiger partial charge on any atom is -0.450 e. The van der Waals surface area contributed by atoms with Crippen LogP contribution < -0.4 is 10.6 Å². The highest BCUT2D eigenvalue weighted by molar-refractivity contribution is 5.85. The molecule has 0 saturated heterocycles. The fourth-order valence-electron chi connectivity index (χ4n) is 1.89. The number of rotatable bonds is 11. The highest BCUT2D eigenvalue weighted by atomic mass is 16.5. The zero-order valence-electron chi connectivity index (χ0n) is 14.0. The fraction of sp³-hybridized carbons (Fsp3) is 0.875. The molecule has 0 bridgehead atoms. The summed E-state index contributed by atoms with van der Waals surface area (Å²) < 4.78 is 5.04. The van der Waals surface area contributed by atoms with Gasteiger partial charge in [0.15, 0.2) is 0 Å². The van der Waals surface area contributed by atoms with E-state index in [0.717, 1.165) is 25.7 Å². The normalized spacial score (nSPS) is 12.0. The summed E-state index contributed by atoms with van der Waals surface area (Å²) in [7, 11) is 0. The van der Waals surface area contributed by atoms with Gasteiger partial charge in [-0.05, 0) is 18.8 Å². The third-order valence-corrected chi connectivity index (χ3v) is 3.28. The van der Waals surface area contributed by atoms with Gasteiger partial charge in [-0.25, -0.2) is 4.79 Å². The molecule has 2 N–H and O–H groups in total. The van der Waals surface area contributed by atoms with Gasteiger partial charge < -0.3 is 15.4 Å². The Balaban J connectivity index is 4.09. The highest BCUT2D eigenvalue weighted by Crippen LogP contribution is 2.03. The van der Waals surface area contributed by atoms with Crippen molar-refractivity contribution in [3.05, 3.63) is 0 Å². The molecule has 0 unspecified atom stereocenters. The summed E-state index contributed by atoms with van der Waals surface area (Å²) in [6.07, 6.45) is 5.76. The van der Waals surface area contributed by atoms with Crippen LogP contribution in [0.3, 0.4) is 0 Å². The Morgan fingerprint density at radius 1 is 1.00 bits per heavy atom. The van der Waals surface area contributed by atoms with Gasteiger partial charge in [0.2, 0.25) is 5.91 Å². The van der Waals surface area contributed by atoms with Crippen LogP contribution in [-0.4, -0.2) is 31.2 Å². The number of unbranched alkanes of at least 4 members (excludes halogenated alkanes) is 4. The van der Waals surface area contributed by atoms with Crippen molar-refractivity contribution in [2.75, 3.05) is 13.2 Å². The van der Waals surface area contributed by atoms with E-state index in [0.29, 0.717) is 13.2 Å². The molecule has 0 radical (unpaired) electrons. The third-order valence-electron chi connectivity index (χ3n) is 3.28. The molecule has 0 aliphatic heterocycles. The van der Waals surface area contributed by atoms with Crippen LogP contribution in [-0.2, 0) is 9.53 Å². The number of ether oxygens (including phenoxy) is 1. The predicted octanol–water partition coefficient (Wildman–Crippen LogP) is 3.23. The second-order valence-electron chi connectivity index (χ2n) is 5.71. The molecule has 21 heavy (non-hydrogen) atoms. The van der Waals surface area contributed by atoms with E-state index in [9.17, 15) is 9.59 Å². The molecule has 0 aliphatic rings. The summed E-state index contributed by atoms with van der Waals surface area (Å²) in [6, 6.07) is -0.537. The van der Waals surface area contributed by atoms with E-state index in [2.05, 4.69) is 17.6 Å². The van der Waals surface area contributed by atoms with Crippen LogP contribution in [0.25, 0.3) is 0 Å². The van der Waals surface area contributed by atoms with Crippen LogP contribution in [0.15, 0.2) is 0 Å². The summed E-state index contributed by atoms with van der Waals surface area (Å²) in [5.74, 6) is -0.103. The molecule has 124 valence electrons. The van der Waals surface area contributed by atoms with Crippen LogP contribution in [0.1, 0.15) is 66.2 Å². The summed E-state index contributed by atoms with van der Waals surface area (Å²) >= 11 is 0. The molecule has 0 saturated carbocycles. The molecule has 0 spiro atoms. The van der Waals surface area contributed by atoms with Crippen LogP contribution >= 0.6 is 0 Å². The largest absolute Gasteiger partial charge is 0.450 e. The number of alkyl carbamates (subject to hydrolysis) is 1. The lowest BCUT2D eigenvalue weighted by molar-refractivity contribution is -0.124. The maximum Gasteiger partial charge on any atom is 0.407 e. The molecular formula is C16H32N2O3. The van der Waals surface area contributed by atoms with Crippen LogP contribution in [0, 0.1) is 5.92 Å². The Kier molecular flexibility index (Phi) is 11.7. The predicted molar refractivity (Wildman–Crippen MR) is 85.2 cm³/mol. The van der Waals surface area contributed by atoms with Crippen molar-refractivity contribution >= 4 is 12.0 Å². The Morgan fingerprint density at radius 3 is 2.24 bits per heavy atom. The molecule has 1 atom stereocenters. The zero-order valence-corrected chi connectivity index (χ0v) is 14.0. The number of amides is 2. The average molecular weight is 300 g/mol. The molecule has 0 aliphatic carbocycles. The summed E-state index contributed by atoms with van der Waals surface area (Å²) in [5, 5.41) is 5.54. The summed E-state index contributed by atoms with van der Waals surface area (Å²) in [4.78, 5) is 23.7. The number of hydrogen-bond donors (Lipinski definition) is 2. The van der Waals surface area contributed by atoms with Gasteiger partial charge >= 0.3 is 6.09 Å². The molecule has 0 aromatic rings.